The van der Waals surface area contributed by atoms with E-state index in [1.54, 1.807) is 24.3 Å². The van der Waals surface area contributed by atoms with Crippen molar-refractivity contribution < 1.29 is 9.53 Å². The number of esters is 1. The minimum Gasteiger partial charge on any atom is -0.425 e. The van der Waals surface area contributed by atoms with Gasteiger partial charge in [-0.25, -0.2) is 0 Å². The molecule has 0 amide bonds. The van der Waals surface area contributed by atoms with Crippen molar-refractivity contribution in [2.75, 3.05) is 0 Å². The Balaban J connectivity index is 2.52. The van der Waals surface area contributed by atoms with E-state index in [1.807, 2.05) is 6.92 Å². The molecule has 0 bridgehead atoms. The fraction of sp³-hybridized carbons (Fsp3) is 0.364. The minimum absolute atomic E-state index is 0.222. The number of halogens is 1. The molecular formula is C11H13ClO2. The molecule has 0 aliphatic heterocycles. The molecule has 2 nitrogen and oxygen atoms in total. The first-order chi connectivity index (χ1) is 6.74. The summed E-state index contributed by atoms with van der Waals surface area (Å²) in [6.07, 6.45) is 2.28. The number of para-hydroxylation sites is 1. The van der Waals surface area contributed by atoms with E-state index in [0.717, 1.165) is 12.8 Å². The fourth-order valence-corrected chi connectivity index (χ4v) is 1.20. The van der Waals surface area contributed by atoms with Crippen LogP contribution < -0.4 is 4.74 Å². The van der Waals surface area contributed by atoms with E-state index in [2.05, 4.69) is 0 Å². The molecule has 3 heteroatoms. The Morgan fingerprint density at radius 2 is 2.14 bits per heavy atom. The van der Waals surface area contributed by atoms with Gasteiger partial charge < -0.3 is 4.74 Å². The summed E-state index contributed by atoms with van der Waals surface area (Å²) in [5.74, 6) is 0.218. The number of benzene rings is 1. The zero-order valence-electron chi connectivity index (χ0n) is 8.13. The molecule has 0 saturated heterocycles. The standard InChI is InChI=1S/C11H13ClO2/c1-2-3-8-11(13)14-10-7-5-4-6-9(10)12/h4-7H,2-3,8H2,1H3. The highest BCUT2D eigenvalue weighted by atomic mass is 35.5. The minimum atomic E-state index is -0.222. The van der Waals surface area contributed by atoms with Crippen LogP contribution in [-0.2, 0) is 4.79 Å². The number of ether oxygens (including phenoxy) is 1. The first kappa shape index (κ1) is 11.1. The smallest absolute Gasteiger partial charge is 0.311 e. The van der Waals surface area contributed by atoms with E-state index in [9.17, 15) is 4.79 Å². The highest BCUT2D eigenvalue weighted by Crippen LogP contribution is 2.23. The van der Waals surface area contributed by atoms with Gasteiger partial charge in [-0.2, -0.15) is 0 Å². The molecule has 0 unspecified atom stereocenters. The molecule has 0 aromatic heterocycles. The van der Waals surface area contributed by atoms with E-state index in [1.165, 1.54) is 0 Å². The Morgan fingerprint density at radius 1 is 1.43 bits per heavy atom. The Bertz CT molecular complexity index is 310. The second-order valence-electron chi connectivity index (χ2n) is 3.01. The summed E-state index contributed by atoms with van der Waals surface area (Å²) in [5, 5.41) is 0.470. The molecule has 0 saturated carbocycles. The molecule has 1 rings (SSSR count). The Kier molecular flexibility index (Phi) is 4.47. The lowest BCUT2D eigenvalue weighted by molar-refractivity contribution is -0.134. The maximum atomic E-state index is 11.2. The van der Waals surface area contributed by atoms with Crippen molar-refractivity contribution in [2.24, 2.45) is 0 Å². The van der Waals surface area contributed by atoms with E-state index < -0.39 is 0 Å². The van der Waals surface area contributed by atoms with Crippen LogP contribution in [0.25, 0.3) is 0 Å². The average Bonchev–Trinajstić information content (AvgIpc) is 2.18. The van der Waals surface area contributed by atoms with Gasteiger partial charge in [0.05, 0.1) is 5.02 Å². The predicted octanol–water partition coefficient (Wildman–Crippen LogP) is 3.44. The van der Waals surface area contributed by atoms with Crippen molar-refractivity contribution in [3.05, 3.63) is 29.3 Å². The lowest BCUT2D eigenvalue weighted by Crippen LogP contribution is -2.07. The van der Waals surface area contributed by atoms with E-state index in [4.69, 9.17) is 16.3 Å². The number of unbranched alkanes of at least 4 members (excludes halogenated alkanes) is 1. The highest BCUT2D eigenvalue weighted by molar-refractivity contribution is 6.32. The molecule has 1 aromatic rings. The number of hydrogen-bond donors (Lipinski definition) is 0. The molecular weight excluding hydrogens is 200 g/mol. The predicted molar refractivity (Wildman–Crippen MR) is 56.6 cm³/mol. The van der Waals surface area contributed by atoms with Gasteiger partial charge in [0.15, 0.2) is 0 Å². The topological polar surface area (TPSA) is 26.3 Å². The van der Waals surface area contributed by atoms with Gasteiger partial charge in [-0.1, -0.05) is 37.1 Å². The van der Waals surface area contributed by atoms with Crippen LogP contribution in [0.3, 0.4) is 0 Å². The van der Waals surface area contributed by atoms with Crippen molar-refractivity contribution in [1.82, 2.24) is 0 Å². The zero-order chi connectivity index (χ0) is 10.4. The summed E-state index contributed by atoms with van der Waals surface area (Å²) >= 11 is 5.83. The monoisotopic (exact) mass is 212 g/mol. The maximum absolute atomic E-state index is 11.2. The third-order valence-electron chi connectivity index (χ3n) is 1.79. The van der Waals surface area contributed by atoms with Gasteiger partial charge in [-0.15, -0.1) is 0 Å². The molecule has 0 fully saturated rings. The lowest BCUT2D eigenvalue weighted by Gasteiger charge is -2.04. The van der Waals surface area contributed by atoms with Crippen molar-refractivity contribution in [3.63, 3.8) is 0 Å². The van der Waals surface area contributed by atoms with Gasteiger partial charge in [0, 0.05) is 6.42 Å². The molecule has 1 aromatic carbocycles. The zero-order valence-corrected chi connectivity index (χ0v) is 8.88. The lowest BCUT2D eigenvalue weighted by atomic mass is 10.2. The van der Waals surface area contributed by atoms with Crippen molar-refractivity contribution in [3.8, 4) is 5.75 Å². The van der Waals surface area contributed by atoms with Crippen molar-refractivity contribution in [1.29, 1.82) is 0 Å². The highest BCUT2D eigenvalue weighted by Gasteiger charge is 2.06. The summed E-state index contributed by atoms with van der Waals surface area (Å²) in [5.41, 5.74) is 0. The van der Waals surface area contributed by atoms with Crippen LogP contribution in [0.4, 0.5) is 0 Å². The van der Waals surface area contributed by atoms with Crippen LogP contribution in [0.5, 0.6) is 5.75 Å². The summed E-state index contributed by atoms with van der Waals surface area (Å²) in [6, 6.07) is 6.97. The van der Waals surface area contributed by atoms with Crippen LogP contribution in [-0.4, -0.2) is 5.97 Å². The van der Waals surface area contributed by atoms with Gasteiger partial charge in [0.25, 0.3) is 0 Å². The van der Waals surface area contributed by atoms with Crippen LogP contribution in [0.2, 0.25) is 5.02 Å². The fourth-order valence-electron chi connectivity index (χ4n) is 1.02. The van der Waals surface area contributed by atoms with Crippen molar-refractivity contribution >= 4 is 17.6 Å². The van der Waals surface area contributed by atoms with Crippen LogP contribution in [0.15, 0.2) is 24.3 Å². The van der Waals surface area contributed by atoms with Crippen LogP contribution in [0, 0.1) is 0 Å². The summed E-state index contributed by atoms with van der Waals surface area (Å²) in [7, 11) is 0. The Labute approximate surface area is 88.8 Å². The summed E-state index contributed by atoms with van der Waals surface area (Å²) in [6.45, 7) is 2.03. The number of hydrogen-bond acceptors (Lipinski definition) is 2. The van der Waals surface area contributed by atoms with E-state index in [0.29, 0.717) is 17.2 Å². The molecule has 0 spiro atoms. The van der Waals surface area contributed by atoms with Gasteiger partial charge in [0.2, 0.25) is 0 Å². The molecule has 0 radical (unpaired) electrons. The second-order valence-corrected chi connectivity index (χ2v) is 3.42. The van der Waals surface area contributed by atoms with E-state index in [-0.39, 0.29) is 5.97 Å². The molecule has 0 N–H and O–H groups in total. The number of rotatable bonds is 4. The van der Waals surface area contributed by atoms with Gasteiger partial charge in [-0.3, -0.25) is 4.79 Å². The summed E-state index contributed by atoms with van der Waals surface area (Å²) < 4.78 is 5.08. The normalized spacial score (nSPS) is 9.86. The molecule has 0 heterocycles. The van der Waals surface area contributed by atoms with Crippen molar-refractivity contribution in [2.45, 2.75) is 26.2 Å². The Morgan fingerprint density at radius 3 is 2.79 bits per heavy atom. The summed E-state index contributed by atoms with van der Waals surface area (Å²) in [4.78, 5) is 11.2. The van der Waals surface area contributed by atoms with E-state index >= 15 is 0 Å². The quantitative estimate of drug-likeness (QED) is 0.565. The molecule has 0 aliphatic carbocycles. The second kappa shape index (κ2) is 5.66. The van der Waals surface area contributed by atoms with Gasteiger partial charge in [-0.05, 0) is 18.6 Å². The van der Waals surface area contributed by atoms with Crippen LogP contribution in [0.1, 0.15) is 26.2 Å². The maximum Gasteiger partial charge on any atom is 0.311 e. The largest absolute Gasteiger partial charge is 0.425 e. The first-order valence-electron chi connectivity index (χ1n) is 4.69. The van der Waals surface area contributed by atoms with Crippen LogP contribution >= 0.6 is 11.6 Å². The third kappa shape index (κ3) is 3.38. The van der Waals surface area contributed by atoms with Gasteiger partial charge >= 0.3 is 5.97 Å². The molecule has 0 aliphatic rings. The van der Waals surface area contributed by atoms with Gasteiger partial charge in [0.1, 0.15) is 5.75 Å². The number of carbonyl (C=O) groups excluding carboxylic acids is 1. The first-order valence-corrected chi connectivity index (χ1v) is 5.07. The number of carbonyl (C=O) groups is 1. The SMILES string of the molecule is CCCCC(=O)Oc1ccccc1Cl. The Hall–Kier alpha value is -1.02. The molecule has 0 atom stereocenters. The average molecular weight is 213 g/mol. The third-order valence-corrected chi connectivity index (χ3v) is 2.11. The molecule has 14 heavy (non-hydrogen) atoms. The molecule has 76 valence electrons.